The first-order chi connectivity index (χ1) is 33.0. The number of nitrogens with zero attached hydrogens (tertiary/aromatic N) is 8. The highest BCUT2D eigenvalue weighted by Crippen LogP contribution is 2.42. The number of hydrazine groups is 1. The van der Waals surface area contributed by atoms with Crippen molar-refractivity contribution >= 4 is 52.0 Å². The van der Waals surface area contributed by atoms with E-state index >= 15 is 0 Å². The van der Waals surface area contributed by atoms with Crippen LogP contribution in [0.4, 0.5) is 4.79 Å². The van der Waals surface area contributed by atoms with Crippen molar-refractivity contribution in [2.45, 2.75) is 104 Å². The van der Waals surface area contributed by atoms with Crippen molar-refractivity contribution in [3.8, 4) is 22.5 Å². The van der Waals surface area contributed by atoms with Crippen molar-refractivity contribution in [1.82, 2.24) is 49.9 Å². The summed E-state index contributed by atoms with van der Waals surface area (Å²) in [6, 6.07) is 7.66. The number of amides is 5. The van der Waals surface area contributed by atoms with Crippen LogP contribution in [0.15, 0.2) is 54.6 Å². The quantitative estimate of drug-likeness (QED) is 0.156. The van der Waals surface area contributed by atoms with Crippen LogP contribution in [0.1, 0.15) is 76.8 Å². The van der Waals surface area contributed by atoms with Crippen molar-refractivity contribution in [3.05, 3.63) is 70.8 Å². The molecule has 2 N–H and O–H groups in total. The third-order valence-corrected chi connectivity index (χ3v) is 15.1. The molecule has 3 saturated heterocycles. The van der Waals surface area contributed by atoms with E-state index in [4.69, 9.17) is 19.4 Å². The fourth-order valence-corrected chi connectivity index (χ4v) is 11.2. The number of likely N-dealkylation sites (tertiary alicyclic amines) is 1. The summed E-state index contributed by atoms with van der Waals surface area (Å²) in [5, 5.41) is 8.18. The number of methoxy groups -OCH3 is 1. The molecular formula is C51H68N10O7S. The summed E-state index contributed by atoms with van der Waals surface area (Å²) in [6.07, 6.45) is 4.55. The van der Waals surface area contributed by atoms with E-state index in [-0.39, 0.29) is 43.0 Å². The summed E-state index contributed by atoms with van der Waals surface area (Å²) in [4.78, 5) is 86.5. The standard InChI is InChI=1S/C51H68N10O7S/c1-10-43(62)59-27-34(28-59)57-20-22-58(23-21-57)50(66)56(8)45(31(3)4)47(63)54-39-25-42-53-40(29-69-42)33-16-17-41-36(24-33)37(46(60(41)11-2)35-14-12-18-52-44(35)32(5)67-9)26-51(6,7)30-68-49(65)38-15-13-19-61(55-38)48(39)64/h10,12,14,16-18,24,29,31-32,34,38-39,45,55H,1,11,13,15,19-23,25-28,30H2,2-9H3,(H,54,63)/t32-,38-,39-,45-/m0/s1. The van der Waals surface area contributed by atoms with E-state index < -0.39 is 41.3 Å². The van der Waals surface area contributed by atoms with Gasteiger partial charge in [-0.1, -0.05) is 40.3 Å². The van der Waals surface area contributed by atoms with E-state index in [1.54, 1.807) is 30.2 Å². The lowest BCUT2D eigenvalue weighted by Crippen LogP contribution is -2.65. The minimum Gasteiger partial charge on any atom is -0.464 e. The molecule has 4 aromatic rings. The fourth-order valence-electron chi connectivity index (χ4n) is 10.4. The van der Waals surface area contributed by atoms with Crippen LogP contribution in [-0.2, 0) is 48.0 Å². The molecule has 3 fully saturated rings. The molecule has 6 bridgehead atoms. The molecule has 5 amide bonds. The van der Waals surface area contributed by atoms with Crippen molar-refractivity contribution in [2.75, 3.05) is 66.6 Å². The lowest BCUT2D eigenvalue weighted by atomic mass is 9.84. The van der Waals surface area contributed by atoms with E-state index in [0.717, 1.165) is 44.7 Å². The highest BCUT2D eigenvalue weighted by Gasteiger charge is 2.41. The van der Waals surface area contributed by atoms with Crippen LogP contribution in [0.5, 0.6) is 0 Å². The number of hydrogen-bond donors (Lipinski definition) is 2. The normalized spacial score (nSPS) is 21.3. The number of ether oxygens (including phenoxy) is 2. The van der Waals surface area contributed by atoms with Gasteiger partial charge in [-0.2, -0.15) is 0 Å². The lowest BCUT2D eigenvalue weighted by molar-refractivity contribution is -0.155. The predicted octanol–water partition coefficient (Wildman–Crippen LogP) is 5.29. The monoisotopic (exact) mass is 964 g/mol. The van der Waals surface area contributed by atoms with E-state index in [1.807, 2.05) is 32.2 Å². The Kier molecular flexibility index (Phi) is 14.9. The first kappa shape index (κ1) is 49.7. The van der Waals surface area contributed by atoms with E-state index in [1.165, 1.54) is 27.3 Å². The Balaban J connectivity index is 1.09. The summed E-state index contributed by atoms with van der Waals surface area (Å²) >= 11 is 1.42. The second-order valence-corrected chi connectivity index (χ2v) is 20.9. The number of thiazole rings is 1. The van der Waals surface area contributed by atoms with Gasteiger partial charge in [-0.3, -0.25) is 34.1 Å². The Bertz CT molecular complexity index is 2580. The highest BCUT2D eigenvalue weighted by molar-refractivity contribution is 7.10. The van der Waals surface area contributed by atoms with Gasteiger partial charge in [-0.15, -0.1) is 11.3 Å². The van der Waals surface area contributed by atoms with Crippen LogP contribution >= 0.6 is 11.3 Å². The number of cyclic esters (lactones) is 1. The zero-order chi connectivity index (χ0) is 49.3. The van der Waals surface area contributed by atoms with Gasteiger partial charge in [0.15, 0.2) is 0 Å². The van der Waals surface area contributed by atoms with Gasteiger partial charge < -0.3 is 34.1 Å². The molecule has 17 nitrogen and oxygen atoms in total. The van der Waals surface area contributed by atoms with Crippen molar-refractivity contribution < 1.29 is 33.4 Å². The number of esters is 1. The number of rotatable bonds is 10. The Morgan fingerprint density at radius 2 is 1.84 bits per heavy atom. The van der Waals surface area contributed by atoms with Crippen LogP contribution in [0.25, 0.3) is 33.4 Å². The zero-order valence-electron chi connectivity index (χ0n) is 41.3. The van der Waals surface area contributed by atoms with E-state index in [0.29, 0.717) is 76.6 Å². The van der Waals surface area contributed by atoms with E-state index in [9.17, 15) is 24.0 Å². The molecule has 4 aliphatic rings. The smallest absolute Gasteiger partial charge is 0.324 e. The SMILES string of the molecule is C=CC(=O)N1CC(N2CCN(C(=O)N(C)[C@H](C(=O)N[C@H]3Cc4nc(cs4)-c4ccc5c(c4)c(c(-c4cccnc4[C@H](C)OC)n5CC)CC(C)(C)COC(=O)[C@@H]4CCCN(N4)C3=O)C(C)C)CC2)C1. The third kappa shape index (κ3) is 10.3. The largest absolute Gasteiger partial charge is 0.464 e. The van der Waals surface area contributed by atoms with Gasteiger partial charge >= 0.3 is 12.0 Å². The average Bonchev–Trinajstić information content (AvgIpc) is 3.93. The summed E-state index contributed by atoms with van der Waals surface area (Å²) in [7, 11) is 3.33. The summed E-state index contributed by atoms with van der Waals surface area (Å²) in [5.41, 5.74) is 9.31. The summed E-state index contributed by atoms with van der Waals surface area (Å²) in [5.74, 6) is -1.69. The zero-order valence-corrected chi connectivity index (χ0v) is 42.1. The van der Waals surface area contributed by atoms with Crippen LogP contribution in [0.3, 0.4) is 0 Å². The number of pyridine rings is 1. The molecule has 4 aliphatic heterocycles. The number of nitrogens with one attached hydrogen (secondary N) is 2. The number of carbonyl (C=O) groups is 5. The average molecular weight is 965 g/mol. The molecule has 1 aromatic carbocycles. The Labute approximate surface area is 409 Å². The number of benzene rings is 1. The molecule has 0 unspecified atom stereocenters. The fraction of sp³-hybridized carbons (Fsp3) is 0.549. The molecule has 370 valence electrons. The van der Waals surface area contributed by atoms with Gasteiger partial charge in [0.25, 0.3) is 5.91 Å². The number of urea groups is 1. The molecule has 3 aromatic heterocycles. The van der Waals surface area contributed by atoms with Gasteiger partial charge in [0.05, 0.1) is 34.8 Å². The Morgan fingerprint density at radius 1 is 1.09 bits per heavy atom. The van der Waals surface area contributed by atoms with Crippen LogP contribution in [0, 0.1) is 11.3 Å². The molecule has 8 rings (SSSR count). The molecule has 0 aliphatic carbocycles. The Morgan fingerprint density at radius 3 is 2.54 bits per heavy atom. The molecule has 0 spiro atoms. The molecule has 0 saturated carbocycles. The van der Waals surface area contributed by atoms with Gasteiger partial charge in [-0.05, 0) is 74.9 Å². The third-order valence-electron chi connectivity index (χ3n) is 14.2. The van der Waals surface area contributed by atoms with Crippen LogP contribution < -0.4 is 10.7 Å². The van der Waals surface area contributed by atoms with Crippen molar-refractivity contribution in [1.29, 1.82) is 0 Å². The van der Waals surface area contributed by atoms with E-state index in [2.05, 4.69) is 71.8 Å². The van der Waals surface area contributed by atoms with Crippen LogP contribution in [-0.4, -0.2) is 160 Å². The number of piperazine rings is 1. The van der Waals surface area contributed by atoms with Crippen LogP contribution in [0.2, 0.25) is 0 Å². The number of fused-ring (bicyclic) bond motifs is 6. The molecule has 4 atom stereocenters. The number of aromatic nitrogens is 3. The number of carbonyl (C=O) groups excluding carboxylic acids is 5. The first-order valence-corrected chi connectivity index (χ1v) is 25.2. The maximum atomic E-state index is 14.7. The van der Waals surface area contributed by atoms with Gasteiger partial charge in [-0.25, -0.2) is 15.2 Å². The van der Waals surface area contributed by atoms with Gasteiger partial charge in [0, 0.05) is 118 Å². The highest BCUT2D eigenvalue weighted by atomic mass is 32.1. The molecule has 0 radical (unpaired) electrons. The summed E-state index contributed by atoms with van der Waals surface area (Å²) in [6.45, 7) is 20.4. The van der Waals surface area contributed by atoms with Crippen molar-refractivity contribution in [2.24, 2.45) is 11.3 Å². The maximum Gasteiger partial charge on any atom is 0.324 e. The van der Waals surface area contributed by atoms with Crippen molar-refractivity contribution in [3.63, 3.8) is 0 Å². The number of likely N-dealkylation sites (N-methyl/N-ethyl adjacent to an activating group) is 1. The lowest BCUT2D eigenvalue weighted by Gasteiger charge is -2.48. The number of aryl methyl sites for hydroxylation is 1. The van der Waals surface area contributed by atoms with Gasteiger partial charge in [0.1, 0.15) is 18.1 Å². The molecule has 7 heterocycles. The topological polar surface area (TPSA) is 175 Å². The maximum absolute atomic E-state index is 14.7. The minimum atomic E-state index is -1.07. The second kappa shape index (κ2) is 20.7. The Hall–Kier alpha value is -5.69. The first-order valence-electron chi connectivity index (χ1n) is 24.3. The predicted molar refractivity (Wildman–Crippen MR) is 265 cm³/mol. The molecule has 18 heteroatoms. The molecule has 69 heavy (non-hydrogen) atoms. The molecular weight excluding hydrogens is 897 g/mol. The minimum absolute atomic E-state index is 0.0744. The number of hydrogen-bond acceptors (Lipinski definition) is 12. The van der Waals surface area contributed by atoms with Gasteiger partial charge in [0.2, 0.25) is 11.8 Å². The summed E-state index contributed by atoms with van der Waals surface area (Å²) < 4.78 is 14.3. The second-order valence-electron chi connectivity index (χ2n) is 20.0.